The van der Waals surface area contributed by atoms with Crippen LogP contribution in [0.4, 0.5) is 5.69 Å². The van der Waals surface area contributed by atoms with Crippen LogP contribution in [0.25, 0.3) is 6.08 Å². The third-order valence-electron chi connectivity index (χ3n) is 4.14. The smallest absolute Gasteiger partial charge is 0.269 e. The number of carbonyl (C=O) groups excluding carboxylic acids is 1. The van der Waals surface area contributed by atoms with Crippen LogP contribution in [0.1, 0.15) is 37.0 Å². The van der Waals surface area contributed by atoms with Gasteiger partial charge in [0, 0.05) is 35.4 Å². The summed E-state index contributed by atoms with van der Waals surface area (Å²) in [5.74, 6) is -0.173. The number of rotatable bonds is 3. The van der Waals surface area contributed by atoms with Crippen molar-refractivity contribution >= 4 is 46.6 Å². The van der Waals surface area contributed by atoms with E-state index in [0.717, 1.165) is 5.56 Å². The molecule has 0 fully saturated rings. The van der Waals surface area contributed by atoms with Crippen LogP contribution in [0.15, 0.2) is 47.2 Å². The predicted molar refractivity (Wildman–Crippen MR) is 106 cm³/mol. The first-order valence-electron chi connectivity index (χ1n) is 8.16. The predicted octanol–water partition coefficient (Wildman–Crippen LogP) is 5.27. The van der Waals surface area contributed by atoms with Gasteiger partial charge in [-0.1, -0.05) is 30.1 Å². The Morgan fingerprint density at radius 1 is 1.19 bits per heavy atom. The number of nitrogens with zero attached hydrogens (tertiary/aromatic N) is 3. The Bertz CT molecular complexity index is 998. The van der Waals surface area contributed by atoms with Crippen molar-refractivity contribution in [3.8, 4) is 0 Å². The number of hydrogen-bond acceptors (Lipinski definition) is 4. The topological polar surface area (TPSA) is 75.8 Å². The average molecular weight is 404 g/mol. The fraction of sp³-hybridized carbons (Fsp3) is 0.158. The van der Waals surface area contributed by atoms with E-state index in [2.05, 4.69) is 5.10 Å². The first-order valence-corrected chi connectivity index (χ1v) is 8.91. The first-order chi connectivity index (χ1) is 12.8. The number of carbonyl (C=O) groups is 1. The molecular formula is C19H15Cl2N3O3. The summed E-state index contributed by atoms with van der Waals surface area (Å²) in [5, 5.41) is 17.5. The maximum atomic E-state index is 12.4. The summed E-state index contributed by atoms with van der Waals surface area (Å²) in [6, 6.07) is 9.38. The van der Waals surface area contributed by atoms with Gasteiger partial charge in [0.25, 0.3) is 5.69 Å². The van der Waals surface area contributed by atoms with Gasteiger partial charge in [-0.15, -0.1) is 0 Å². The van der Waals surface area contributed by atoms with Gasteiger partial charge in [-0.25, -0.2) is 5.01 Å². The lowest BCUT2D eigenvalue weighted by molar-refractivity contribution is -0.384. The van der Waals surface area contributed by atoms with Gasteiger partial charge >= 0.3 is 0 Å². The van der Waals surface area contributed by atoms with Gasteiger partial charge in [0.1, 0.15) is 0 Å². The van der Waals surface area contributed by atoms with Crippen molar-refractivity contribution in [2.75, 3.05) is 0 Å². The molecule has 8 heteroatoms. The van der Waals surface area contributed by atoms with E-state index >= 15 is 0 Å². The van der Waals surface area contributed by atoms with Crippen LogP contribution >= 0.6 is 23.2 Å². The Balaban J connectivity index is 2.24. The highest BCUT2D eigenvalue weighted by Crippen LogP contribution is 2.32. The average Bonchev–Trinajstić information content (AvgIpc) is 2.78. The number of allylic oxidation sites excluding steroid dienone is 1. The number of fused-ring (bicyclic) bond motifs is 1. The highest BCUT2D eigenvalue weighted by molar-refractivity contribution is 6.42. The van der Waals surface area contributed by atoms with E-state index in [0.29, 0.717) is 32.6 Å². The van der Waals surface area contributed by atoms with Crippen molar-refractivity contribution in [2.24, 2.45) is 5.10 Å². The molecule has 1 aliphatic rings. The van der Waals surface area contributed by atoms with Crippen LogP contribution in [0.5, 0.6) is 0 Å². The second kappa shape index (κ2) is 7.50. The number of hydrogen-bond donors (Lipinski definition) is 0. The van der Waals surface area contributed by atoms with Gasteiger partial charge in [-0.05, 0) is 42.8 Å². The van der Waals surface area contributed by atoms with Crippen molar-refractivity contribution in [1.29, 1.82) is 0 Å². The molecule has 3 rings (SSSR count). The van der Waals surface area contributed by atoms with Crippen LogP contribution < -0.4 is 0 Å². The summed E-state index contributed by atoms with van der Waals surface area (Å²) in [6.45, 7) is 3.53. The summed E-state index contributed by atoms with van der Waals surface area (Å²) in [4.78, 5) is 22.8. The van der Waals surface area contributed by atoms with Gasteiger partial charge in [-0.3, -0.25) is 14.9 Å². The monoisotopic (exact) mass is 403 g/mol. The summed E-state index contributed by atoms with van der Waals surface area (Å²) < 4.78 is 0. The van der Waals surface area contributed by atoms with E-state index < -0.39 is 4.92 Å². The number of amides is 1. The van der Waals surface area contributed by atoms with E-state index in [1.54, 1.807) is 38.1 Å². The van der Waals surface area contributed by atoms with Gasteiger partial charge in [0.2, 0.25) is 5.91 Å². The molecular weight excluding hydrogens is 389 g/mol. The third kappa shape index (κ3) is 3.72. The molecule has 0 bridgehead atoms. The zero-order chi connectivity index (χ0) is 19.7. The second-order valence-corrected chi connectivity index (χ2v) is 6.77. The minimum absolute atomic E-state index is 0.0295. The van der Waals surface area contributed by atoms with Crippen molar-refractivity contribution in [2.45, 2.75) is 20.3 Å². The quantitative estimate of drug-likeness (QED) is 0.517. The maximum Gasteiger partial charge on any atom is 0.269 e. The minimum Gasteiger partial charge on any atom is -0.273 e. The molecule has 0 saturated carbocycles. The maximum absolute atomic E-state index is 12.4. The second-order valence-electron chi connectivity index (χ2n) is 5.95. The summed E-state index contributed by atoms with van der Waals surface area (Å²) in [7, 11) is 0. The van der Waals surface area contributed by atoms with E-state index in [4.69, 9.17) is 23.2 Å². The number of nitro groups is 1. The molecule has 0 saturated heterocycles. The lowest BCUT2D eigenvalue weighted by Crippen LogP contribution is -2.24. The van der Waals surface area contributed by atoms with Gasteiger partial charge in [0.15, 0.2) is 0 Å². The largest absolute Gasteiger partial charge is 0.273 e. The number of benzene rings is 2. The number of hydrazone groups is 1. The lowest BCUT2D eigenvalue weighted by Gasteiger charge is -2.17. The molecule has 2 aromatic rings. The fourth-order valence-corrected chi connectivity index (χ4v) is 3.10. The van der Waals surface area contributed by atoms with Crippen LogP contribution in [0, 0.1) is 10.1 Å². The van der Waals surface area contributed by atoms with E-state index in [1.165, 1.54) is 17.1 Å². The highest BCUT2D eigenvalue weighted by Gasteiger charge is 2.23. The molecule has 27 heavy (non-hydrogen) atoms. The molecule has 0 N–H and O–H groups in total. The number of nitro benzene ring substituents is 1. The summed E-state index contributed by atoms with van der Waals surface area (Å²) in [5.41, 5.74) is 3.15. The lowest BCUT2D eigenvalue weighted by atomic mass is 9.97. The first kappa shape index (κ1) is 19.1. The van der Waals surface area contributed by atoms with Crippen LogP contribution in [-0.2, 0) is 4.79 Å². The normalized spacial score (nSPS) is 13.4. The Labute approximate surface area is 165 Å². The van der Waals surface area contributed by atoms with E-state index in [9.17, 15) is 14.9 Å². The molecule has 2 aromatic carbocycles. The molecule has 1 aliphatic heterocycles. The highest BCUT2D eigenvalue weighted by atomic mass is 35.5. The Kier molecular flexibility index (Phi) is 5.30. The van der Waals surface area contributed by atoms with Crippen molar-refractivity contribution in [3.05, 3.63) is 78.9 Å². The molecule has 0 atom stereocenters. The molecule has 1 heterocycles. The molecule has 0 spiro atoms. The van der Waals surface area contributed by atoms with Crippen molar-refractivity contribution < 1.29 is 9.72 Å². The molecule has 1 amide bonds. The Hall–Kier alpha value is -2.70. The number of halogens is 2. The minimum atomic E-state index is -0.470. The van der Waals surface area contributed by atoms with Crippen molar-refractivity contribution in [3.63, 3.8) is 0 Å². The zero-order valence-corrected chi connectivity index (χ0v) is 16.1. The Morgan fingerprint density at radius 3 is 2.41 bits per heavy atom. The van der Waals surface area contributed by atoms with Crippen LogP contribution in [0.2, 0.25) is 10.0 Å². The SMILES string of the molecule is CCC(=O)N1N=C(c2ccc([N+](=O)[O-])cc2)c2cc(Cl)c(Cl)cc2C=C1C. The Morgan fingerprint density at radius 2 is 1.81 bits per heavy atom. The standard InChI is InChI=1S/C19H15Cl2N3O3/c1-3-18(25)23-11(2)8-13-9-16(20)17(21)10-15(13)19(22-23)12-4-6-14(7-5-12)24(26)27/h4-10H,3H2,1-2H3. The van der Waals surface area contributed by atoms with Gasteiger partial charge in [-0.2, -0.15) is 5.10 Å². The molecule has 0 unspecified atom stereocenters. The molecule has 0 radical (unpaired) electrons. The number of non-ortho nitro benzene ring substituents is 1. The molecule has 0 aromatic heterocycles. The summed E-state index contributed by atoms with van der Waals surface area (Å²) >= 11 is 12.4. The molecule has 0 aliphatic carbocycles. The zero-order valence-electron chi connectivity index (χ0n) is 14.6. The van der Waals surface area contributed by atoms with Crippen molar-refractivity contribution in [1.82, 2.24) is 5.01 Å². The summed E-state index contributed by atoms with van der Waals surface area (Å²) in [6.07, 6.45) is 2.09. The van der Waals surface area contributed by atoms with E-state index in [-0.39, 0.29) is 18.0 Å². The fourth-order valence-electron chi connectivity index (χ4n) is 2.76. The molecule has 138 valence electrons. The van der Waals surface area contributed by atoms with E-state index in [1.807, 2.05) is 6.08 Å². The van der Waals surface area contributed by atoms with Crippen LogP contribution in [0.3, 0.4) is 0 Å². The van der Waals surface area contributed by atoms with Crippen LogP contribution in [-0.4, -0.2) is 21.6 Å². The molecule has 6 nitrogen and oxygen atoms in total. The van der Waals surface area contributed by atoms with Gasteiger partial charge < -0.3 is 0 Å². The van der Waals surface area contributed by atoms with Gasteiger partial charge in [0.05, 0.1) is 20.7 Å². The third-order valence-corrected chi connectivity index (χ3v) is 4.86.